The van der Waals surface area contributed by atoms with E-state index in [9.17, 15) is 9.90 Å². The van der Waals surface area contributed by atoms with Crippen LogP contribution in [0.15, 0.2) is 12.1 Å². The summed E-state index contributed by atoms with van der Waals surface area (Å²) in [6.45, 7) is 7.23. The number of carboxylic acid groups (broad SMARTS) is 1. The molecule has 1 fully saturated rings. The quantitative estimate of drug-likeness (QED) is 0.859. The second-order valence-electron chi connectivity index (χ2n) is 6.29. The fourth-order valence-electron chi connectivity index (χ4n) is 2.82. The van der Waals surface area contributed by atoms with Gasteiger partial charge in [0.1, 0.15) is 5.82 Å². The first-order valence-electron chi connectivity index (χ1n) is 7.45. The Morgan fingerprint density at radius 2 is 2.20 bits per heavy atom. The van der Waals surface area contributed by atoms with E-state index >= 15 is 0 Å². The van der Waals surface area contributed by atoms with Gasteiger partial charge in [0, 0.05) is 12.2 Å². The highest BCUT2D eigenvalue weighted by molar-refractivity contribution is 5.88. The Hall–Kier alpha value is -1.58. The van der Waals surface area contributed by atoms with Crippen molar-refractivity contribution in [3.63, 3.8) is 0 Å². The first-order valence-corrected chi connectivity index (χ1v) is 7.45. The molecule has 20 heavy (non-hydrogen) atoms. The number of aromatic carboxylic acids is 1. The van der Waals surface area contributed by atoms with Crippen LogP contribution in [-0.4, -0.2) is 22.6 Å². The third-order valence-electron chi connectivity index (χ3n) is 4.06. The van der Waals surface area contributed by atoms with Crippen LogP contribution < -0.4 is 5.32 Å². The maximum absolute atomic E-state index is 11.2. The molecule has 4 nitrogen and oxygen atoms in total. The summed E-state index contributed by atoms with van der Waals surface area (Å²) in [5, 5.41) is 12.5. The number of carbonyl (C=O) groups is 1. The van der Waals surface area contributed by atoms with E-state index in [4.69, 9.17) is 0 Å². The Morgan fingerprint density at radius 1 is 1.45 bits per heavy atom. The van der Waals surface area contributed by atoms with Crippen LogP contribution in [0.3, 0.4) is 0 Å². The Kier molecular flexibility index (Phi) is 4.63. The minimum Gasteiger partial charge on any atom is -0.478 e. The van der Waals surface area contributed by atoms with E-state index in [1.807, 2.05) is 13.8 Å². The Bertz CT molecular complexity index is 485. The van der Waals surface area contributed by atoms with E-state index in [0.29, 0.717) is 17.3 Å². The molecular formula is C16H24N2O2. The number of rotatable bonds is 5. The summed E-state index contributed by atoms with van der Waals surface area (Å²) in [6, 6.07) is 3.29. The van der Waals surface area contributed by atoms with Crippen molar-refractivity contribution in [2.45, 2.75) is 46.0 Å². The highest BCUT2D eigenvalue weighted by Crippen LogP contribution is 2.30. The molecule has 1 heterocycles. The number of hydrogen-bond donors (Lipinski definition) is 2. The van der Waals surface area contributed by atoms with Crippen LogP contribution in [0.25, 0.3) is 0 Å². The molecule has 0 spiro atoms. The summed E-state index contributed by atoms with van der Waals surface area (Å²) in [5.74, 6) is 1.51. The van der Waals surface area contributed by atoms with Crippen LogP contribution in [0.2, 0.25) is 0 Å². The normalized spacial score (nSPS) is 22.2. The number of anilines is 1. The van der Waals surface area contributed by atoms with Gasteiger partial charge in [-0.3, -0.25) is 0 Å². The smallest absolute Gasteiger partial charge is 0.335 e. The predicted octanol–water partition coefficient (Wildman–Crippen LogP) is 3.75. The van der Waals surface area contributed by atoms with Gasteiger partial charge < -0.3 is 10.4 Å². The molecule has 2 atom stereocenters. The molecule has 0 bridgehead atoms. The molecule has 1 saturated carbocycles. The number of nitrogens with zero attached hydrogens (tertiary/aromatic N) is 1. The maximum Gasteiger partial charge on any atom is 0.335 e. The van der Waals surface area contributed by atoms with E-state index in [-0.39, 0.29) is 5.92 Å². The van der Waals surface area contributed by atoms with Crippen molar-refractivity contribution >= 4 is 11.8 Å². The summed E-state index contributed by atoms with van der Waals surface area (Å²) < 4.78 is 0. The van der Waals surface area contributed by atoms with E-state index < -0.39 is 5.97 Å². The average molecular weight is 276 g/mol. The minimum atomic E-state index is -0.896. The lowest BCUT2D eigenvalue weighted by molar-refractivity contribution is 0.0696. The van der Waals surface area contributed by atoms with Crippen LogP contribution >= 0.6 is 0 Å². The first-order chi connectivity index (χ1) is 9.45. The summed E-state index contributed by atoms with van der Waals surface area (Å²) in [5.41, 5.74) is 1.14. The topological polar surface area (TPSA) is 62.2 Å². The minimum absolute atomic E-state index is 0.223. The summed E-state index contributed by atoms with van der Waals surface area (Å²) in [4.78, 5) is 15.7. The lowest BCUT2D eigenvalue weighted by Gasteiger charge is -2.14. The molecule has 1 aliphatic rings. The van der Waals surface area contributed by atoms with Crippen LogP contribution in [-0.2, 0) is 0 Å². The molecule has 1 aliphatic carbocycles. The van der Waals surface area contributed by atoms with Crippen LogP contribution in [0, 0.1) is 11.8 Å². The van der Waals surface area contributed by atoms with Crippen molar-refractivity contribution < 1.29 is 9.90 Å². The van der Waals surface area contributed by atoms with Crippen LogP contribution in [0.4, 0.5) is 5.82 Å². The van der Waals surface area contributed by atoms with Crippen molar-refractivity contribution in [3.8, 4) is 0 Å². The van der Waals surface area contributed by atoms with Gasteiger partial charge in [0.25, 0.3) is 0 Å². The van der Waals surface area contributed by atoms with Crippen molar-refractivity contribution in [1.29, 1.82) is 0 Å². The molecule has 0 aliphatic heterocycles. The van der Waals surface area contributed by atoms with Crippen LogP contribution in [0.5, 0.6) is 0 Å². The molecular weight excluding hydrogens is 252 g/mol. The van der Waals surface area contributed by atoms with Gasteiger partial charge in [0.05, 0.1) is 5.56 Å². The number of pyridine rings is 1. The van der Waals surface area contributed by atoms with Gasteiger partial charge in [-0.2, -0.15) is 0 Å². The summed E-state index contributed by atoms with van der Waals surface area (Å²) in [7, 11) is 0. The molecule has 2 rings (SSSR count). The van der Waals surface area contributed by atoms with E-state index in [1.54, 1.807) is 12.1 Å². The number of carboxylic acids is 1. The number of nitrogens with one attached hydrogen (secondary N) is 1. The molecule has 0 radical (unpaired) electrons. The molecule has 2 N–H and O–H groups in total. The predicted molar refractivity (Wildman–Crippen MR) is 80.3 cm³/mol. The molecule has 1 aromatic heterocycles. The van der Waals surface area contributed by atoms with Crippen molar-refractivity contribution in [2.24, 2.45) is 11.8 Å². The zero-order chi connectivity index (χ0) is 14.7. The van der Waals surface area contributed by atoms with Crippen molar-refractivity contribution in [3.05, 3.63) is 23.4 Å². The third kappa shape index (κ3) is 3.71. The Morgan fingerprint density at radius 3 is 2.75 bits per heavy atom. The fourth-order valence-corrected chi connectivity index (χ4v) is 2.82. The molecule has 0 aromatic carbocycles. The molecule has 2 unspecified atom stereocenters. The molecule has 4 heteroatoms. The lowest BCUT2D eigenvalue weighted by Crippen LogP contribution is -2.14. The van der Waals surface area contributed by atoms with Gasteiger partial charge in [-0.1, -0.05) is 27.2 Å². The lowest BCUT2D eigenvalue weighted by atomic mass is 10.1. The summed E-state index contributed by atoms with van der Waals surface area (Å²) in [6.07, 6.45) is 3.80. The highest BCUT2D eigenvalue weighted by Gasteiger charge is 2.21. The van der Waals surface area contributed by atoms with Gasteiger partial charge in [0.15, 0.2) is 0 Å². The number of hydrogen-bond acceptors (Lipinski definition) is 3. The van der Waals surface area contributed by atoms with Gasteiger partial charge in [-0.15, -0.1) is 0 Å². The standard InChI is InChI=1S/C16H24N2O2/c1-10(2)14-7-13(16(19)20)8-15(18-14)17-9-12-5-4-11(3)6-12/h7-8,10-12H,4-6,9H2,1-3H3,(H,17,18)(H,19,20). The third-order valence-corrected chi connectivity index (χ3v) is 4.06. The molecule has 0 saturated heterocycles. The van der Waals surface area contributed by atoms with Crippen LogP contribution in [0.1, 0.15) is 62.0 Å². The summed E-state index contributed by atoms with van der Waals surface area (Å²) >= 11 is 0. The molecule has 0 amide bonds. The first kappa shape index (κ1) is 14.8. The van der Waals surface area contributed by atoms with E-state index in [1.165, 1.54) is 19.3 Å². The SMILES string of the molecule is CC1CCC(CNc2cc(C(=O)O)cc(C(C)C)n2)C1. The maximum atomic E-state index is 11.2. The Balaban J connectivity index is 2.08. The molecule has 1 aromatic rings. The second-order valence-corrected chi connectivity index (χ2v) is 6.29. The average Bonchev–Trinajstić information content (AvgIpc) is 2.81. The monoisotopic (exact) mass is 276 g/mol. The van der Waals surface area contributed by atoms with Crippen molar-refractivity contribution in [1.82, 2.24) is 4.98 Å². The van der Waals surface area contributed by atoms with E-state index in [0.717, 1.165) is 18.2 Å². The van der Waals surface area contributed by atoms with Crippen molar-refractivity contribution in [2.75, 3.05) is 11.9 Å². The highest BCUT2D eigenvalue weighted by atomic mass is 16.4. The van der Waals surface area contributed by atoms with Gasteiger partial charge >= 0.3 is 5.97 Å². The zero-order valence-electron chi connectivity index (χ0n) is 12.5. The molecule has 110 valence electrons. The van der Waals surface area contributed by atoms with Gasteiger partial charge in [0.2, 0.25) is 0 Å². The van der Waals surface area contributed by atoms with E-state index in [2.05, 4.69) is 17.2 Å². The fraction of sp³-hybridized carbons (Fsp3) is 0.625. The zero-order valence-corrected chi connectivity index (χ0v) is 12.5. The van der Waals surface area contributed by atoms with Gasteiger partial charge in [-0.25, -0.2) is 9.78 Å². The number of aromatic nitrogens is 1. The Labute approximate surface area is 120 Å². The van der Waals surface area contributed by atoms with Gasteiger partial charge in [-0.05, 0) is 42.7 Å². The second kappa shape index (κ2) is 6.25. The largest absolute Gasteiger partial charge is 0.478 e.